The minimum Gasteiger partial charge on any atom is -0.488 e. The second kappa shape index (κ2) is 7.13. The van der Waals surface area contributed by atoms with Gasteiger partial charge in [-0.2, -0.15) is 0 Å². The van der Waals surface area contributed by atoms with E-state index in [0.717, 1.165) is 10.0 Å². The van der Waals surface area contributed by atoms with Crippen LogP contribution in [0.5, 0.6) is 5.75 Å². The van der Waals surface area contributed by atoms with Crippen molar-refractivity contribution in [1.82, 2.24) is 0 Å². The van der Waals surface area contributed by atoms with E-state index in [1.54, 1.807) is 25.1 Å². The molecule has 0 saturated carbocycles. The fourth-order valence-corrected chi connectivity index (χ4v) is 2.21. The molecule has 0 spiro atoms. The van der Waals surface area contributed by atoms with E-state index in [0.29, 0.717) is 30.2 Å². The number of benzene rings is 2. The number of carbonyl (C=O) groups is 1. The van der Waals surface area contributed by atoms with Gasteiger partial charge in [0.05, 0.1) is 6.61 Å². The number of nitrogens with two attached hydrogens (primary N) is 1. The number of anilines is 1. The highest BCUT2D eigenvalue weighted by atomic mass is 79.9. The third-order valence-electron chi connectivity index (χ3n) is 2.84. The van der Waals surface area contributed by atoms with Gasteiger partial charge in [0.2, 0.25) is 0 Å². The van der Waals surface area contributed by atoms with Gasteiger partial charge in [0.1, 0.15) is 17.9 Å². The molecular formula is C16H16BrNO3. The molecule has 0 aliphatic rings. The van der Waals surface area contributed by atoms with Crippen molar-refractivity contribution >= 4 is 27.6 Å². The molecule has 2 N–H and O–H groups in total. The SMILES string of the molecule is CCOC(=O)c1cc(N)ccc1OCc1ccccc1Br. The van der Waals surface area contributed by atoms with E-state index in [1.807, 2.05) is 24.3 Å². The number of hydrogen-bond donors (Lipinski definition) is 1. The van der Waals surface area contributed by atoms with Gasteiger partial charge in [-0.25, -0.2) is 4.79 Å². The summed E-state index contributed by atoms with van der Waals surface area (Å²) in [5.74, 6) is 0.0188. The average molecular weight is 350 g/mol. The van der Waals surface area contributed by atoms with Crippen molar-refractivity contribution in [2.24, 2.45) is 0 Å². The molecule has 2 aromatic carbocycles. The lowest BCUT2D eigenvalue weighted by Crippen LogP contribution is -2.08. The van der Waals surface area contributed by atoms with Crippen LogP contribution in [0.3, 0.4) is 0 Å². The predicted octanol–water partition coefficient (Wildman–Crippen LogP) is 3.79. The fourth-order valence-electron chi connectivity index (χ4n) is 1.81. The van der Waals surface area contributed by atoms with Crippen molar-refractivity contribution < 1.29 is 14.3 Å². The third kappa shape index (κ3) is 3.98. The van der Waals surface area contributed by atoms with E-state index >= 15 is 0 Å². The van der Waals surface area contributed by atoms with Crippen LogP contribution in [0, 0.1) is 0 Å². The number of rotatable bonds is 5. The van der Waals surface area contributed by atoms with Crippen molar-refractivity contribution in [3.63, 3.8) is 0 Å². The van der Waals surface area contributed by atoms with Crippen LogP contribution >= 0.6 is 15.9 Å². The van der Waals surface area contributed by atoms with E-state index in [4.69, 9.17) is 15.2 Å². The van der Waals surface area contributed by atoms with Crippen molar-refractivity contribution in [2.45, 2.75) is 13.5 Å². The van der Waals surface area contributed by atoms with Crippen molar-refractivity contribution in [1.29, 1.82) is 0 Å². The summed E-state index contributed by atoms with van der Waals surface area (Å²) in [5.41, 5.74) is 7.54. The summed E-state index contributed by atoms with van der Waals surface area (Å²) in [4.78, 5) is 11.9. The van der Waals surface area contributed by atoms with Crippen LogP contribution < -0.4 is 10.5 Å². The molecule has 0 atom stereocenters. The monoisotopic (exact) mass is 349 g/mol. The van der Waals surface area contributed by atoms with Gasteiger partial charge in [-0.1, -0.05) is 34.1 Å². The van der Waals surface area contributed by atoms with Gasteiger partial charge in [0.25, 0.3) is 0 Å². The maximum Gasteiger partial charge on any atom is 0.341 e. The number of hydrogen-bond acceptors (Lipinski definition) is 4. The summed E-state index contributed by atoms with van der Waals surface area (Å²) in [6.45, 7) is 2.40. The van der Waals surface area contributed by atoms with Gasteiger partial charge >= 0.3 is 5.97 Å². The summed E-state index contributed by atoms with van der Waals surface area (Å²) >= 11 is 3.46. The number of nitrogen functional groups attached to an aromatic ring is 1. The van der Waals surface area contributed by atoms with E-state index in [2.05, 4.69) is 15.9 Å². The molecule has 0 aromatic heterocycles. The molecule has 2 rings (SSSR count). The molecule has 0 saturated heterocycles. The summed E-state index contributed by atoms with van der Waals surface area (Å²) < 4.78 is 11.7. The van der Waals surface area contributed by atoms with Gasteiger partial charge in [0.15, 0.2) is 0 Å². The lowest BCUT2D eigenvalue weighted by Gasteiger charge is -2.12. The van der Waals surface area contributed by atoms with Crippen LogP contribution in [0.1, 0.15) is 22.8 Å². The zero-order valence-electron chi connectivity index (χ0n) is 11.6. The van der Waals surface area contributed by atoms with Gasteiger partial charge in [-0.3, -0.25) is 0 Å². The van der Waals surface area contributed by atoms with E-state index in [1.165, 1.54) is 0 Å². The zero-order valence-corrected chi connectivity index (χ0v) is 13.2. The summed E-state index contributed by atoms with van der Waals surface area (Å²) in [6, 6.07) is 12.7. The van der Waals surface area contributed by atoms with Crippen LogP contribution in [0.15, 0.2) is 46.9 Å². The van der Waals surface area contributed by atoms with E-state index < -0.39 is 5.97 Å². The number of carbonyl (C=O) groups excluding carboxylic acids is 1. The average Bonchev–Trinajstić information content (AvgIpc) is 2.47. The molecule has 0 bridgehead atoms. The first-order valence-electron chi connectivity index (χ1n) is 6.54. The Morgan fingerprint density at radius 3 is 2.71 bits per heavy atom. The largest absolute Gasteiger partial charge is 0.488 e. The van der Waals surface area contributed by atoms with E-state index in [-0.39, 0.29) is 0 Å². The Balaban J connectivity index is 2.20. The van der Waals surface area contributed by atoms with Crippen LogP contribution in [0.4, 0.5) is 5.69 Å². The minimum absolute atomic E-state index is 0.303. The normalized spacial score (nSPS) is 10.2. The highest BCUT2D eigenvalue weighted by molar-refractivity contribution is 9.10. The summed E-state index contributed by atoms with van der Waals surface area (Å²) in [6.07, 6.45) is 0. The van der Waals surface area contributed by atoms with Gasteiger partial charge in [-0.05, 0) is 31.2 Å². The first kappa shape index (κ1) is 15.4. The van der Waals surface area contributed by atoms with Crippen molar-refractivity contribution in [3.05, 3.63) is 58.1 Å². The zero-order chi connectivity index (χ0) is 15.2. The Morgan fingerprint density at radius 2 is 2.00 bits per heavy atom. The second-order valence-electron chi connectivity index (χ2n) is 4.36. The topological polar surface area (TPSA) is 61.5 Å². The van der Waals surface area contributed by atoms with Gasteiger partial charge < -0.3 is 15.2 Å². The standard InChI is InChI=1S/C16H16BrNO3/c1-2-20-16(19)13-9-12(18)7-8-15(13)21-10-11-5-3-4-6-14(11)17/h3-9H,2,10,18H2,1H3. The van der Waals surface area contributed by atoms with Gasteiger partial charge in [0, 0.05) is 15.7 Å². The Hall–Kier alpha value is -2.01. The molecule has 21 heavy (non-hydrogen) atoms. The quantitative estimate of drug-likeness (QED) is 0.658. The molecule has 0 unspecified atom stereocenters. The van der Waals surface area contributed by atoms with E-state index in [9.17, 15) is 4.79 Å². The molecule has 5 heteroatoms. The molecule has 2 aromatic rings. The van der Waals surface area contributed by atoms with Crippen LogP contribution in [-0.4, -0.2) is 12.6 Å². The van der Waals surface area contributed by atoms with Crippen LogP contribution in [-0.2, 0) is 11.3 Å². The Bertz CT molecular complexity index is 643. The first-order valence-corrected chi connectivity index (χ1v) is 7.34. The Labute approximate surface area is 132 Å². The molecule has 0 heterocycles. The van der Waals surface area contributed by atoms with Crippen LogP contribution in [0.2, 0.25) is 0 Å². The molecule has 0 amide bonds. The number of halogens is 1. The Kier molecular flexibility index (Phi) is 5.22. The smallest absolute Gasteiger partial charge is 0.341 e. The highest BCUT2D eigenvalue weighted by Gasteiger charge is 2.14. The lowest BCUT2D eigenvalue weighted by molar-refractivity contribution is 0.0521. The molecule has 0 aliphatic carbocycles. The molecule has 0 aliphatic heterocycles. The summed E-state index contributed by atoms with van der Waals surface area (Å²) in [7, 11) is 0. The van der Waals surface area contributed by atoms with Crippen molar-refractivity contribution in [3.8, 4) is 5.75 Å². The number of ether oxygens (including phenoxy) is 2. The molecule has 0 radical (unpaired) electrons. The first-order chi connectivity index (χ1) is 10.1. The van der Waals surface area contributed by atoms with Gasteiger partial charge in [-0.15, -0.1) is 0 Å². The highest BCUT2D eigenvalue weighted by Crippen LogP contribution is 2.25. The second-order valence-corrected chi connectivity index (χ2v) is 5.21. The minimum atomic E-state index is -0.438. The van der Waals surface area contributed by atoms with Crippen molar-refractivity contribution in [2.75, 3.05) is 12.3 Å². The van der Waals surface area contributed by atoms with Crippen LogP contribution in [0.25, 0.3) is 0 Å². The molecule has 4 nitrogen and oxygen atoms in total. The number of esters is 1. The predicted molar refractivity (Wildman–Crippen MR) is 85.3 cm³/mol. The molecule has 0 fully saturated rings. The molecular weight excluding hydrogens is 334 g/mol. The lowest BCUT2D eigenvalue weighted by atomic mass is 10.1. The maximum absolute atomic E-state index is 11.9. The molecule has 110 valence electrons. The maximum atomic E-state index is 11.9. The third-order valence-corrected chi connectivity index (χ3v) is 3.61. The summed E-state index contributed by atoms with van der Waals surface area (Å²) in [5, 5.41) is 0. The Morgan fingerprint density at radius 1 is 1.24 bits per heavy atom. The fraction of sp³-hybridized carbons (Fsp3) is 0.188.